The van der Waals surface area contributed by atoms with E-state index in [0.717, 1.165) is 12.8 Å². The van der Waals surface area contributed by atoms with Crippen molar-refractivity contribution in [3.8, 4) is 0 Å². The monoisotopic (exact) mass is 224 g/mol. The van der Waals surface area contributed by atoms with Gasteiger partial charge in [-0.2, -0.15) is 0 Å². The van der Waals surface area contributed by atoms with Crippen LogP contribution in [0.3, 0.4) is 0 Å². The van der Waals surface area contributed by atoms with Gasteiger partial charge in [0.05, 0.1) is 6.61 Å². The van der Waals surface area contributed by atoms with E-state index in [9.17, 15) is 4.79 Å². The third-order valence-corrected chi connectivity index (χ3v) is 3.09. The van der Waals surface area contributed by atoms with Crippen molar-refractivity contribution in [3.63, 3.8) is 0 Å². The van der Waals surface area contributed by atoms with Gasteiger partial charge in [0.25, 0.3) is 0 Å². The van der Waals surface area contributed by atoms with Crippen molar-refractivity contribution in [2.24, 2.45) is 0 Å². The fourth-order valence-corrected chi connectivity index (χ4v) is 1.97. The molecule has 0 saturated heterocycles. The van der Waals surface area contributed by atoms with Crippen molar-refractivity contribution in [1.29, 1.82) is 0 Å². The number of carbonyl (C=O) groups excluding carboxylic acids is 1. The predicted octanol–water partition coefficient (Wildman–Crippen LogP) is 4.00. The number of cyclic esters (lactones) is 1. The van der Waals surface area contributed by atoms with Crippen LogP contribution in [0.1, 0.15) is 64.7 Å². The van der Waals surface area contributed by atoms with Crippen LogP contribution in [-0.2, 0) is 9.53 Å². The lowest BCUT2D eigenvalue weighted by molar-refractivity contribution is -0.143. The predicted molar refractivity (Wildman–Crippen MR) is 66.3 cm³/mol. The van der Waals surface area contributed by atoms with E-state index in [0.29, 0.717) is 13.0 Å². The lowest BCUT2D eigenvalue weighted by Gasteiger charge is -2.07. The molecule has 2 nitrogen and oxygen atoms in total. The van der Waals surface area contributed by atoms with E-state index in [2.05, 4.69) is 13.0 Å². The molecular formula is C14H24O2. The maximum absolute atomic E-state index is 11.3. The van der Waals surface area contributed by atoms with Crippen LogP contribution in [0.2, 0.25) is 0 Å². The topological polar surface area (TPSA) is 26.3 Å². The second-order valence-electron chi connectivity index (χ2n) is 4.68. The number of carbonyl (C=O) groups is 1. The van der Waals surface area contributed by atoms with Gasteiger partial charge in [-0.3, -0.25) is 4.79 Å². The third-order valence-electron chi connectivity index (χ3n) is 3.09. The Morgan fingerprint density at radius 1 is 1.00 bits per heavy atom. The molecule has 0 aliphatic carbocycles. The van der Waals surface area contributed by atoms with Gasteiger partial charge in [-0.1, -0.05) is 37.3 Å². The van der Waals surface area contributed by atoms with Gasteiger partial charge in [0.2, 0.25) is 0 Å². The van der Waals surface area contributed by atoms with Crippen molar-refractivity contribution in [1.82, 2.24) is 0 Å². The van der Waals surface area contributed by atoms with Gasteiger partial charge in [-0.25, -0.2) is 0 Å². The van der Waals surface area contributed by atoms with Gasteiger partial charge in [0.15, 0.2) is 0 Å². The van der Waals surface area contributed by atoms with Crippen molar-refractivity contribution in [2.75, 3.05) is 6.61 Å². The van der Waals surface area contributed by atoms with Crippen LogP contribution in [0.5, 0.6) is 0 Å². The third kappa shape index (κ3) is 6.65. The highest BCUT2D eigenvalue weighted by Crippen LogP contribution is 2.12. The molecule has 0 saturated carbocycles. The second-order valence-corrected chi connectivity index (χ2v) is 4.68. The Balaban J connectivity index is 2.32. The van der Waals surface area contributed by atoms with Gasteiger partial charge >= 0.3 is 5.97 Å². The van der Waals surface area contributed by atoms with Crippen LogP contribution in [-0.4, -0.2) is 12.6 Å². The maximum atomic E-state index is 11.3. The molecule has 0 bridgehead atoms. The molecule has 92 valence electrons. The minimum absolute atomic E-state index is 0.0233. The Morgan fingerprint density at radius 2 is 1.69 bits per heavy atom. The number of esters is 1. The molecule has 0 spiro atoms. The van der Waals surface area contributed by atoms with Crippen molar-refractivity contribution < 1.29 is 9.53 Å². The van der Waals surface area contributed by atoms with Gasteiger partial charge in [0.1, 0.15) is 0 Å². The molecule has 2 heteroatoms. The van der Waals surface area contributed by atoms with E-state index in [1.54, 1.807) is 0 Å². The summed E-state index contributed by atoms with van der Waals surface area (Å²) in [6.07, 6.45) is 12.3. The lowest BCUT2D eigenvalue weighted by atomic mass is 10.1. The maximum Gasteiger partial charge on any atom is 0.305 e. The smallest absolute Gasteiger partial charge is 0.305 e. The summed E-state index contributed by atoms with van der Waals surface area (Å²) in [5, 5.41) is 0. The van der Waals surface area contributed by atoms with E-state index in [1.807, 2.05) is 0 Å². The average Bonchev–Trinajstić information content (AvgIpc) is 2.26. The summed E-state index contributed by atoms with van der Waals surface area (Å²) in [5.41, 5.74) is 1.35. The Hall–Kier alpha value is -0.790. The van der Waals surface area contributed by atoms with Gasteiger partial charge < -0.3 is 4.74 Å². The molecule has 0 unspecified atom stereocenters. The Bertz CT molecular complexity index is 231. The molecular weight excluding hydrogens is 200 g/mol. The molecule has 0 aromatic carbocycles. The van der Waals surface area contributed by atoms with Crippen molar-refractivity contribution in [2.45, 2.75) is 64.7 Å². The van der Waals surface area contributed by atoms with E-state index in [-0.39, 0.29) is 5.97 Å². The highest BCUT2D eigenvalue weighted by molar-refractivity contribution is 5.69. The minimum atomic E-state index is -0.0233. The number of rotatable bonds is 0. The zero-order valence-electron chi connectivity index (χ0n) is 10.5. The van der Waals surface area contributed by atoms with Gasteiger partial charge in [0, 0.05) is 12.8 Å². The molecule has 0 aromatic heterocycles. The number of hydrogen-bond acceptors (Lipinski definition) is 2. The summed E-state index contributed by atoms with van der Waals surface area (Å²) < 4.78 is 5.18. The molecule has 0 fully saturated rings. The molecule has 1 aliphatic heterocycles. The molecule has 0 atom stereocenters. The second kappa shape index (κ2) is 8.37. The summed E-state index contributed by atoms with van der Waals surface area (Å²) >= 11 is 0. The fourth-order valence-electron chi connectivity index (χ4n) is 1.97. The molecule has 1 rings (SSSR count). The first kappa shape index (κ1) is 13.3. The van der Waals surface area contributed by atoms with Crippen LogP contribution >= 0.6 is 0 Å². The highest BCUT2D eigenvalue weighted by Gasteiger charge is 2.03. The first-order valence-corrected chi connectivity index (χ1v) is 6.60. The van der Waals surface area contributed by atoms with Crippen LogP contribution in [0, 0.1) is 0 Å². The lowest BCUT2D eigenvalue weighted by Crippen LogP contribution is -2.06. The zero-order valence-corrected chi connectivity index (χ0v) is 10.5. The molecule has 0 amide bonds. The highest BCUT2D eigenvalue weighted by atomic mass is 16.5. The number of hydrogen-bond donors (Lipinski definition) is 0. The summed E-state index contributed by atoms with van der Waals surface area (Å²) in [4.78, 5) is 11.3. The van der Waals surface area contributed by atoms with E-state index < -0.39 is 0 Å². The minimum Gasteiger partial charge on any atom is -0.465 e. The largest absolute Gasteiger partial charge is 0.465 e. The van der Waals surface area contributed by atoms with Crippen molar-refractivity contribution >= 4 is 5.97 Å². The summed E-state index contributed by atoms with van der Waals surface area (Å²) in [6.45, 7) is 2.68. The molecule has 0 N–H and O–H groups in total. The summed E-state index contributed by atoms with van der Waals surface area (Å²) in [6, 6.07) is 0. The van der Waals surface area contributed by atoms with E-state index >= 15 is 0 Å². The molecule has 16 heavy (non-hydrogen) atoms. The van der Waals surface area contributed by atoms with Gasteiger partial charge in [-0.05, 0) is 26.2 Å². The van der Waals surface area contributed by atoms with Gasteiger partial charge in [-0.15, -0.1) is 0 Å². The Labute approximate surface area is 99.1 Å². The quantitative estimate of drug-likeness (QED) is 0.459. The van der Waals surface area contributed by atoms with Crippen LogP contribution in [0.15, 0.2) is 11.6 Å². The van der Waals surface area contributed by atoms with E-state index in [1.165, 1.54) is 44.1 Å². The molecule has 1 aliphatic rings. The normalized spacial score (nSPS) is 25.1. The first-order chi connectivity index (χ1) is 7.79. The first-order valence-electron chi connectivity index (χ1n) is 6.60. The van der Waals surface area contributed by atoms with Crippen molar-refractivity contribution in [3.05, 3.63) is 11.6 Å². The molecule has 0 radical (unpaired) electrons. The van der Waals surface area contributed by atoms with Crippen LogP contribution < -0.4 is 0 Å². The molecule has 0 aromatic rings. The number of ether oxygens (including phenoxy) is 1. The Kier molecular flexibility index (Phi) is 6.95. The van der Waals surface area contributed by atoms with Crippen LogP contribution in [0.25, 0.3) is 0 Å². The standard InChI is InChI=1S/C14H24O2/c1-13-9-7-5-3-2-4-6-8-10-14(15)16-12-11-13/h9H,2-8,10-12H2,1H3/b13-9+. The van der Waals surface area contributed by atoms with Crippen LogP contribution in [0.4, 0.5) is 0 Å². The fraction of sp³-hybridized carbons (Fsp3) is 0.786. The number of allylic oxidation sites excluding steroid dienone is 1. The SMILES string of the molecule is C/C1=C\CCCCCCCCC(=O)OCC1. The molecule has 1 heterocycles. The summed E-state index contributed by atoms with van der Waals surface area (Å²) in [7, 11) is 0. The Morgan fingerprint density at radius 3 is 2.50 bits per heavy atom. The van der Waals surface area contributed by atoms with E-state index in [4.69, 9.17) is 4.74 Å². The zero-order chi connectivity index (χ0) is 11.6. The summed E-state index contributed by atoms with van der Waals surface area (Å²) in [5.74, 6) is -0.0233. The average molecular weight is 224 g/mol.